The molecule has 2 N–H and O–H groups in total. The highest BCUT2D eigenvalue weighted by molar-refractivity contribution is 5.70. The summed E-state index contributed by atoms with van der Waals surface area (Å²) in [7, 11) is 0. The summed E-state index contributed by atoms with van der Waals surface area (Å²) in [6, 6.07) is 13.9. The number of carbonyl (C=O) groups is 1. The maximum atomic E-state index is 11.2. The van der Waals surface area contributed by atoms with Crippen LogP contribution in [-0.2, 0) is 4.79 Å². The fourth-order valence-corrected chi connectivity index (χ4v) is 1.77. The Morgan fingerprint density at radius 3 is 2.48 bits per heavy atom. The van der Waals surface area contributed by atoms with Crippen molar-refractivity contribution in [1.29, 1.82) is 0 Å². The highest BCUT2D eigenvalue weighted by Crippen LogP contribution is 2.33. The number of para-hydroxylation sites is 1. The zero-order valence-electron chi connectivity index (χ0n) is 12.6. The van der Waals surface area contributed by atoms with Gasteiger partial charge in [-0.25, -0.2) is 0 Å². The Morgan fingerprint density at radius 2 is 1.83 bits per heavy atom. The lowest BCUT2D eigenvalue weighted by molar-refractivity contribution is -0.132. The smallest absolute Gasteiger partial charge is 0.308 e. The van der Waals surface area contributed by atoms with E-state index < -0.39 is 18.7 Å². The van der Waals surface area contributed by atoms with Gasteiger partial charge in [0.25, 0.3) is 0 Å². The monoisotopic (exact) mass is 318 g/mol. The van der Waals surface area contributed by atoms with Gasteiger partial charge < -0.3 is 24.4 Å². The van der Waals surface area contributed by atoms with Gasteiger partial charge in [-0.1, -0.05) is 18.2 Å². The molecule has 2 aromatic rings. The first-order valence-electron chi connectivity index (χ1n) is 7.05. The minimum atomic E-state index is -1.01. The number of esters is 1. The Labute approximate surface area is 133 Å². The molecule has 0 aliphatic carbocycles. The molecule has 1 unspecified atom stereocenters. The second-order valence-corrected chi connectivity index (χ2v) is 4.76. The summed E-state index contributed by atoms with van der Waals surface area (Å²) in [5.41, 5.74) is 0. The summed E-state index contributed by atoms with van der Waals surface area (Å²) in [6.45, 7) is 0.735. The van der Waals surface area contributed by atoms with Crippen molar-refractivity contribution in [2.75, 3.05) is 13.2 Å². The van der Waals surface area contributed by atoms with E-state index in [0.29, 0.717) is 11.5 Å². The van der Waals surface area contributed by atoms with Crippen molar-refractivity contribution in [3.63, 3.8) is 0 Å². The molecule has 6 nitrogen and oxygen atoms in total. The largest absolute Gasteiger partial charge is 0.487 e. The van der Waals surface area contributed by atoms with Gasteiger partial charge in [0, 0.05) is 13.0 Å². The van der Waals surface area contributed by atoms with Gasteiger partial charge in [0.15, 0.2) is 11.5 Å². The maximum Gasteiger partial charge on any atom is 0.308 e. The van der Waals surface area contributed by atoms with E-state index in [-0.39, 0.29) is 18.1 Å². The number of carbonyl (C=O) groups excluding carboxylic acids is 1. The van der Waals surface area contributed by atoms with E-state index in [0.717, 1.165) is 0 Å². The number of ether oxygens (including phenoxy) is 3. The van der Waals surface area contributed by atoms with Crippen molar-refractivity contribution in [1.82, 2.24) is 0 Å². The van der Waals surface area contributed by atoms with Gasteiger partial charge in [-0.2, -0.15) is 0 Å². The zero-order chi connectivity index (χ0) is 16.7. The molecule has 2 aromatic carbocycles. The zero-order valence-corrected chi connectivity index (χ0v) is 12.6. The van der Waals surface area contributed by atoms with Crippen LogP contribution in [0.2, 0.25) is 0 Å². The number of benzene rings is 2. The van der Waals surface area contributed by atoms with Crippen LogP contribution in [0.25, 0.3) is 0 Å². The molecule has 0 aliphatic rings. The van der Waals surface area contributed by atoms with Crippen molar-refractivity contribution in [3.8, 4) is 23.0 Å². The van der Waals surface area contributed by atoms with Gasteiger partial charge in [0.05, 0.1) is 6.61 Å². The van der Waals surface area contributed by atoms with Gasteiger partial charge in [-0.05, 0) is 24.3 Å². The van der Waals surface area contributed by atoms with E-state index in [4.69, 9.17) is 19.3 Å². The van der Waals surface area contributed by atoms with Crippen molar-refractivity contribution < 1.29 is 29.2 Å². The van der Waals surface area contributed by atoms with E-state index >= 15 is 0 Å². The van der Waals surface area contributed by atoms with E-state index in [1.54, 1.807) is 24.3 Å². The summed E-state index contributed by atoms with van der Waals surface area (Å²) < 4.78 is 16.1. The highest BCUT2D eigenvalue weighted by Gasteiger charge is 2.12. The normalized spacial score (nSPS) is 11.6. The standard InChI is InChI=1S/C17H18O6/c1-12(19)22-17-9-15(23-14-5-3-2-4-6-14)7-8-16(17)21-11-13(20)10-18/h2-9,13,18,20H,10-11H2,1H3. The van der Waals surface area contributed by atoms with E-state index in [9.17, 15) is 9.90 Å². The quantitative estimate of drug-likeness (QED) is 0.601. The van der Waals surface area contributed by atoms with E-state index in [1.807, 2.05) is 18.2 Å². The van der Waals surface area contributed by atoms with Crippen LogP contribution in [-0.4, -0.2) is 35.5 Å². The average molecular weight is 318 g/mol. The Morgan fingerprint density at radius 1 is 1.09 bits per heavy atom. The van der Waals surface area contributed by atoms with Crippen LogP contribution in [0.15, 0.2) is 48.5 Å². The Hall–Kier alpha value is -2.57. The molecule has 1 atom stereocenters. The summed E-state index contributed by atoms with van der Waals surface area (Å²) in [5.74, 6) is 1.06. The minimum absolute atomic E-state index is 0.121. The molecular formula is C17H18O6. The van der Waals surface area contributed by atoms with Gasteiger partial charge in [0.1, 0.15) is 24.2 Å². The van der Waals surface area contributed by atoms with Gasteiger partial charge >= 0.3 is 5.97 Å². The number of aliphatic hydroxyl groups is 2. The first-order valence-corrected chi connectivity index (χ1v) is 7.05. The number of aliphatic hydroxyl groups excluding tert-OH is 2. The molecule has 0 amide bonds. The average Bonchev–Trinajstić information content (AvgIpc) is 2.54. The second-order valence-electron chi connectivity index (χ2n) is 4.76. The molecule has 0 aliphatic heterocycles. The molecule has 0 saturated heterocycles. The van der Waals surface area contributed by atoms with Crippen molar-refractivity contribution in [2.24, 2.45) is 0 Å². The molecule has 0 fully saturated rings. The molecule has 6 heteroatoms. The lowest BCUT2D eigenvalue weighted by Gasteiger charge is -2.14. The Bertz CT molecular complexity index is 641. The van der Waals surface area contributed by atoms with Crippen LogP contribution in [0.5, 0.6) is 23.0 Å². The molecule has 0 saturated carbocycles. The number of hydrogen-bond acceptors (Lipinski definition) is 6. The molecule has 0 bridgehead atoms. The van der Waals surface area contributed by atoms with E-state index in [2.05, 4.69) is 0 Å². The predicted molar refractivity (Wildman–Crippen MR) is 82.9 cm³/mol. The molecule has 0 heterocycles. The molecule has 0 radical (unpaired) electrons. The third-order valence-corrected chi connectivity index (χ3v) is 2.79. The van der Waals surface area contributed by atoms with Gasteiger partial charge in [-0.15, -0.1) is 0 Å². The number of hydrogen-bond donors (Lipinski definition) is 2. The fourth-order valence-electron chi connectivity index (χ4n) is 1.77. The third kappa shape index (κ3) is 5.28. The lowest BCUT2D eigenvalue weighted by atomic mass is 10.3. The number of rotatable bonds is 7. The van der Waals surface area contributed by atoms with Crippen molar-refractivity contribution in [3.05, 3.63) is 48.5 Å². The van der Waals surface area contributed by atoms with Crippen LogP contribution in [0.3, 0.4) is 0 Å². The predicted octanol–water partition coefficient (Wildman–Crippen LogP) is 2.14. The lowest BCUT2D eigenvalue weighted by Crippen LogP contribution is -2.21. The summed E-state index contributed by atoms with van der Waals surface area (Å²) in [6.07, 6.45) is -1.01. The Kier molecular flexibility index (Phi) is 5.96. The van der Waals surface area contributed by atoms with Crippen LogP contribution >= 0.6 is 0 Å². The summed E-state index contributed by atoms with van der Waals surface area (Å²) >= 11 is 0. The molecule has 2 rings (SSSR count). The third-order valence-electron chi connectivity index (χ3n) is 2.79. The maximum absolute atomic E-state index is 11.2. The molecule has 0 spiro atoms. The first-order chi connectivity index (χ1) is 11.1. The first kappa shape index (κ1) is 16.8. The van der Waals surface area contributed by atoms with Gasteiger partial charge in [-0.3, -0.25) is 4.79 Å². The minimum Gasteiger partial charge on any atom is -0.487 e. The Balaban J connectivity index is 2.17. The highest BCUT2D eigenvalue weighted by atomic mass is 16.6. The molecular weight excluding hydrogens is 300 g/mol. The second kappa shape index (κ2) is 8.17. The van der Waals surface area contributed by atoms with E-state index in [1.165, 1.54) is 13.0 Å². The SMILES string of the molecule is CC(=O)Oc1cc(Oc2ccccc2)ccc1OCC(O)CO. The summed E-state index contributed by atoms with van der Waals surface area (Å²) in [5, 5.41) is 18.1. The van der Waals surface area contributed by atoms with Crippen LogP contribution < -0.4 is 14.2 Å². The molecule has 0 aromatic heterocycles. The molecule has 23 heavy (non-hydrogen) atoms. The van der Waals surface area contributed by atoms with Gasteiger partial charge in [0.2, 0.25) is 0 Å². The molecule has 122 valence electrons. The van der Waals surface area contributed by atoms with Crippen molar-refractivity contribution >= 4 is 5.97 Å². The van der Waals surface area contributed by atoms with Crippen LogP contribution in [0.4, 0.5) is 0 Å². The van der Waals surface area contributed by atoms with Crippen LogP contribution in [0, 0.1) is 0 Å². The summed E-state index contributed by atoms with van der Waals surface area (Å²) in [4.78, 5) is 11.2. The fraction of sp³-hybridized carbons (Fsp3) is 0.235. The van der Waals surface area contributed by atoms with Crippen molar-refractivity contribution in [2.45, 2.75) is 13.0 Å². The topological polar surface area (TPSA) is 85.2 Å². The van der Waals surface area contributed by atoms with Crippen LogP contribution in [0.1, 0.15) is 6.92 Å².